The Morgan fingerprint density at radius 2 is 1.88 bits per heavy atom. The number of aromatic nitrogens is 1. The van der Waals surface area contributed by atoms with Crippen LogP contribution in [0.15, 0.2) is 35.1 Å². The summed E-state index contributed by atoms with van der Waals surface area (Å²) in [6.07, 6.45) is -2.99. The lowest BCUT2D eigenvalue weighted by Gasteiger charge is -2.20. The molecule has 0 aliphatic rings. The molecule has 2 aromatic rings. The molecule has 25 heavy (non-hydrogen) atoms. The topological polar surface area (TPSA) is 83.6 Å². The Morgan fingerprint density at radius 1 is 1.24 bits per heavy atom. The van der Waals surface area contributed by atoms with Gasteiger partial charge in [-0.3, -0.25) is 9.59 Å². The van der Waals surface area contributed by atoms with Crippen LogP contribution in [0.2, 0.25) is 0 Å². The molecule has 0 aliphatic heterocycles. The van der Waals surface area contributed by atoms with Crippen LogP contribution in [0.1, 0.15) is 34.3 Å². The number of aryl methyl sites for hydroxylation is 1. The van der Waals surface area contributed by atoms with Crippen molar-refractivity contribution in [3.8, 4) is 0 Å². The molecule has 0 unspecified atom stereocenters. The number of carbonyl (C=O) groups excluding carboxylic acids is 1. The van der Waals surface area contributed by atoms with Crippen molar-refractivity contribution in [2.75, 3.05) is 6.54 Å². The molecule has 0 fully saturated rings. The monoisotopic (exact) mass is 356 g/mol. The SMILES string of the molecule is CCc1ocnc1C(=O)N(CC(=O)O)Cc1ccc(C(F)(F)F)cc1. The molecular formula is C16H15F3N2O4. The highest BCUT2D eigenvalue weighted by Gasteiger charge is 2.30. The molecule has 0 radical (unpaired) electrons. The largest absolute Gasteiger partial charge is 0.480 e. The Balaban J connectivity index is 2.23. The van der Waals surface area contributed by atoms with Gasteiger partial charge in [0.2, 0.25) is 0 Å². The summed E-state index contributed by atoms with van der Waals surface area (Å²) in [7, 11) is 0. The zero-order chi connectivity index (χ0) is 18.6. The number of amides is 1. The number of rotatable bonds is 6. The Bertz CT molecular complexity index is 753. The van der Waals surface area contributed by atoms with Crippen LogP contribution in [0.5, 0.6) is 0 Å². The molecule has 0 saturated carbocycles. The van der Waals surface area contributed by atoms with Crippen LogP contribution in [0.4, 0.5) is 13.2 Å². The molecule has 9 heteroatoms. The first-order valence-electron chi connectivity index (χ1n) is 7.32. The highest BCUT2D eigenvalue weighted by molar-refractivity contribution is 5.94. The van der Waals surface area contributed by atoms with E-state index >= 15 is 0 Å². The van der Waals surface area contributed by atoms with E-state index in [0.29, 0.717) is 17.7 Å². The number of carboxylic acids is 1. The number of carbonyl (C=O) groups is 2. The fourth-order valence-electron chi connectivity index (χ4n) is 2.23. The molecule has 0 atom stereocenters. The molecule has 2 rings (SSSR count). The summed E-state index contributed by atoms with van der Waals surface area (Å²) in [5.74, 6) is -1.59. The molecule has 0 aliphatic carbocycles. The molecule has 1 aromatic heterocycles. The van der Waals surface area contributed by atoms with E-state index < -0.39 is 30.2 Å². The number of carboxylic acid groups (broad SMARTS) is 1. The number of hydrogen-bond acceptors (Lipinski definition) is 4. The number of nitrogens with zero attached hydrogens (tertiary/aromatic N) is 2. The molecule has 1 N–H and O–H groups in total. The third-order valence-electron chi connectivity index (χ3n) is 3.43. The second-order valence-electron chi connectivity index (χ2n) is 5.23. The van der Waals surface area contributed by atoms with Gasteiger partial charge in [0.1, 0.15) is 12.3 Å². The van der Waals surface area contributed by atoms with Gasteiger partial charge in [0.15, 0.2) is 12.1 Å². The van der Waals surface area contributed by atoms with Crippen molar-refractivity contribution < 1.29 is 32.3 Å². The molecule has 134 valence electrons. The lowest BCUT2D eigenvalue weighted by atomic mass is 10.1. The van der Waals surface area contributed by atoms with Crippen LogP contribution >= 0.6 is 0 Å². The summed E-state index contributed by atoms with van der Waals surface area (Å²) in [6, 6.07) is 4.17. The Hall–Kier alpha value is -2.84. The van der Waals surface area contributed by atoms with Gasteiger partial charge >= 0.3 is 12.1 Å². The van der Waals surface area contributed by atoms with Gasteiger partial charge in [-0.2, -0.15) is 13.2 Å². The zero-order valence-electron chi connectivity index (χ0n) is 13.2. The summed E-state index contributed by atoms with van der Waals surface area (Å²) in [4.78, 5) is 28.3. The fourth-order valence-corrected chi connectivity index (χ4v) is 2.23. The number of alkyl halides is 3. The lowest BCUT2D eigenvalue weighted by Crippen LogP contribution is -2.35. The van der Waals surface area contributed by atoms with Crippen molar-refractivity contribution in [2.45, 2.75) is 26.1 Å². The zero-order valence-corrected chi connectivity index (χ0v) is 13.2. The average Bonchev–Trinajstić information content (AvgIpc) is 3.01. The minimum atomic E-state index is -4.47. The lowest BCUT2D eigenvalue weighted by molar-refractivity contribution is -0.138. The molecule has 6 nitrogen and oxygen atoms in total. The van der Waals surface area contributed by atoms with E-state index in [1.54, 1.807) is 6.92 Å². The summed E-state index contributed by atoms with van der Waals surface area (Å²) >= 11 is 0. The summed E-state index contributed by atoms with van der Waals surface area (Å²) < 4.78 is 42.8. The van der Waals surface area contributed by atoms with Crippen molar-refractivity contribution in [2.24, 2.45) is 0 Å². The van der Waals surface area contributed by atoms with Crippen molar-refractivity contribution in [3.63, 3.8) is 0 Å². The van der Waals surface area contributed by atoms with Crippen molar-refractivity contribution in [3.05, 3.63) is 53.2 Å². The first kappa shape index (κ1) is 18.5. The van der Waals surface area contributed by atoms with Crippen LogP contribution in [-0.2, 0) is 23.9 Å². The first-order valence-corrected chi connectivity index (χ1v) is 7.32. The first-order chi connectivity index (χ1) is 11.7. The smallest absolute Gasteiger partial charge is 0.416 e. The predicted octanol–water partition coefficient (Wildman–Crippen LogP) is 2.98. The van der Waals surface area contributed by atoms with E-state index in [1.807, 2.05) is 0 Å². The van der Waals surface area contributed by atoms with Crippen molar-refractivity contribution in [1.29, 1.82) is 0 Å². The third kappa shape index (κ3) is 4.59. The van der Waals surface area contributed by atoms with E-state index in [1.165, 1.54) is 12.1 Å². The van der Waals surface area contributed by atoms with Gasteiger partial charge in [-0.25, -0.2) is 4.98 Å². The van der Waals surface area contributed by atoms with Crippen LogP contribution < -0.4 is 0 Å². The molecule has 0 spiro atoms. The highest BCUT2D eigenvalue weighted by atomic mass is 19.4. The Labute approximate surface area is 140 Å². The molecule has 1 aromatic carbocycles. The second-order valence-corrected chi connectivity index (χ2v) is 5.23. The number of hydrogen-bond donors (Lipinski definition) is 1. The number of benzene rings is 1. The normalized spacial score (nSPS) is 11.4. The van der Waals surface area contributed by atoms with Gasteiger partial charge in [0, 0.05) is 13.0 Å². The number of halogens is 3. The Morgan fingerprint density at radius 3 is 2.40 bits per heavy atom. The van der Waals surface area contributed by atoms with Gasteiger partial charge in [0.25, 0.3) is 5.91 Å². The minimum absolute atomic E-state index is 0.00402. The van der Waals surface area contributed by atoms with E-state index in [2.05, 4.69) is 4.98 Å². The Kier molecular flexibility index (Phi) is 5.45. The predicted molar refractivity (Wildman–Crippen MR) is 79.7 cm³/mol. The number of oxazole rings is 1. The van der Waals surface area contributed by atoms with E-state index in [0.717, 1.165) is 23.4 Å². The standard InChI is InChI=1S/C16H15F3N2O4/c1-2-12-14(20-9-25-12)15(24)21(8-13(22)23)7-10-3-5-11(6-4-10)16(17,18)19/h3-6,9H,2,7-8H2,1H3,(H,22,23). The van der Waals surface area contributed by atoms with Crippen LogP contribution in [0, 0.1) is 0 Å². The fraction of sp³-hybridized carbons (Fsp3) is 0.312. The van der Waals surface area contributed by atoms with Gasteiger partial charge < -0.3 is 14.4 Å². The van der Waals surface area contributed by atoms with Gasteiger partial charge in [0.05, 0.1) is 5.56 Å². The maximum Gasteiger partial charge on any atom is 0.416 e. The van der Waals surface area contributed by atoms with Crippen LogP contribution in [-0.4, -0.2) is 33.4 Å². The quantitative estimate of drug-likeness (QED) is 0.860. The van der Waals surface area contributed by atoms with Crippen molar-refractivity contribution >= 4 is 11.9 Å². The van der Waals surface area contributed by atoms with Gasteiger partial charge in [-0.05, 0) is 17.7 Å². The van der Waals surface area contributed by atoms with Crippen molar-refractivity contribution in [1.82, 2.24) is 9.88 Å². The van der Waals surface area contributed by atoms with E-state index in [4.69, 9.17) is 9.52 Å². The number of aliphatic carboxylic acids is 1. The van der Waals surface area contributed by atoms with Crippen LogP contribution in [0.25, 0.3) is 0 Å². The van der Waals surface area contributed by atoms with Crippen LogP contribution in [0.3, 0.4) is 0 Å². The molecular weight excluding hydrogens is 341 g/mol. The summed E-state index contributed by atoms with van der Waals surface area (Å²) in [5.41, 5.74) is -0.461. The molecule has 1 heterocycles. The van der Waals surface area contributed by atoms with E-state index in [9.17, 15) is 22.8 Å². The molecule has 0 bridgehead atoms. The molecule has 1 amide bonds. The average molecular weight is 356 g/mol. The molecule has 0 saturated heterocycles. The van der Waals surface area contributed by atoms with E-state index in [-0.39, 0.29) is 12.2 Å². The van der Waals surface area contributed by atoms with Gasteiger partial charge in [-0.1, -0.05) is 19.1 Å². The third-order valence-corrected chi connectivity index (χ3v) is 3.43. The summed E-state index contributed by atoms with van der Waals surface area (Å²) in [6.45, 7) is 0.962. The maximum atomic E-state index is 12.6. The second kappa shape index (κ2) is 7.37. The minimum Gasteiger partial charge on any atom is -0.480 e. The highest BCUT2D eigenvalue weighted by Crippen LogP contribution is 2.29. The van der Waals surface area contributed by atoms with Gasteiger partial charge in [-0.15, -0.1) is 0 Å². The summed E-state index contributed by atoms with van der Waals surface area (Å²) in [5, 5.41) is 9.00. The maximum absolute atomic E-state index is 12.6.